The van der Waals surface area contributed by atoms with Gasteiger partial charge in [-0.15, -0.1) is 0 Å². The SMILES string of the molecule is COC(=O)[C@]1(C)N[C@H](CN(C)S(=O)(=O)c2ccc(C)cc2)[C@@H]2C(=O)N(Cc3ccccc3)C(=O)[C@@H]21.O=C(O)C(F)(F)F. The number of carbonyl (C=O) groups is 4. The molecule has 2 aromatic rings. The van der Waals surface area contributed by atoms with Crippen LogP contribution in [-0.4, -0.2) is 84.9 Å². The minimum atomic E-state index is -5.08. The van der Waals surface area contributed by atoms with Gasteiger partial charge in [-0.3, -0.25) is 24.6 Å². The number of alkyl halides is 3. The normalized spacial score (nSPS) is 23.8. The van der Waals surface area contributed by atoms with Crippen LogP contribution in [0.2, 0.25) is 0 Å². The van der Waals surface area contributed by atoms with Crippen LogP contribution in [0.4, 0.5) is 13.2 Å². The third-order valence-corrected chi connectivity index (χ3v) is 9.04. The largest absolute Gasteiger partial charge is 0.490 e. The second-order valence-corrected chi connectivity index (χ2v) is 12.1. The Hall–Kier alpha value is -3.82. The molecule has 228 valence electrons. The van der Waals surface area contributed by atoms with E-state index < -0.39 is 63.4 Å². The zero-order valence-corrected chi connectivity index (χ0v) is 23.9. The average molecular weight is 614 g/mol. The van der Waals surface area contributed by atoms with Gasteiger partial charge in [0.15, 0.2) is 0 Å². The predicted molar refractivity (Wildman–Crippen MR) is 141 cm³/mol. The number of imide groups is 1. The Morgan fingerprint density at radius 3 is 2.12 bits per heavy atom. The van der Waals surface area contributed by atoms with Crippen molar-refractivity contribution in [1.82, 2.24) is 14.5 Å². The molecule has 2 N–H and O–H groups in total. The fourth-order valence-corrected chi connectivity index (χ4v) is 6.27. The van der Waals surface area contributed by atoms with Crippen LogP contribution in [-0.2, 0) is 40.5 Å². The lowest BCUT2D eigenvalue weighted by molar-refractivity contribution is -0.192. The summed E-state index contributed by atoms with van der Waals surface area (Å²) in [4.78, 5) is 49.9. The zero-order valence-electron chi connectivity index (χ0n) is 23.1. The number of carbonyl (C=O) groups excluding carboxylic acids is 3. The Kier molecular flexibility index (Phi) is 9.49. The number of nitrogens with zero attached hydrogens (tertiary/aromatic N) is 2. The number of fused-ring (bicyclic) bond motifs is 1. The molecule has 42 heavy (non-hydrogen) atoms. The lowest BCUT2D eigenvalue weighted by Crippen LogP contribution is -2.56. The number of nitrogens with one attached hydrogen (secondary N) is 1. The van der Waals surface area contributed by atoms with Gasteiger partial charge in [0, 0.05) is 19.6 Å². The number of hydrogen-bond acceptors (Lipinski definition) is 8. The van der Waals surface area contributed by atoms with Gasteiger partial charge in [0.25, 0.3) is 0 Å². The van der Waals surface area contributed by atoms with Gasteiger partial charge < -0.3 is 9.84 Å². The van der Waals surface area contributed by atoms with Crippen molar-refractivity contribution in [2.75, 3.05) is 20.7 Å². The van der Waals surface area contributed by atoms with Crippen LogP contribution in [0.1, 0.15) is 18.1 Å². The lowest BCUT2D eigenvalue weighted by atomic mass is 9.81. The van der Waals surface area contributed by atoms with E-state index in [4.69, 9.17) is 14.6 Å². The van der Waals surface area contributed by atoms with Gasteiger partial charge in [0.1, 0.15) is 5.54 Å². The fraction of sp³-hybridized carbons (Fsp3) is 0.407. The van der Waals surface area contributed by atoms with E-state index in [1.54, 1.807) is 12.1 Å². The van der Waals surface area contributed by atoms with Crippen LogP contribution >= 0.6 is 0 Å². The monoisotopic (exact) mass is 613 g/mol. The maximum absolute atomic E-state index is 13.5. The van der Waals surface area contributed by atoms with Gasteiger partial charge in [-0.05, 0) is 31.5 Å². The van der Waals surface area contributed by atoms with Crippen LogP contribution in [0.25, 0.3) is 0 Å². The molecule has 2 heterocycles. The molecule has 15 heteroatoms. The summed E-state index contributed by atoms with van der Waals surface area (Å²) in [6.07, 6.45) is -5.08. The van der Waals surface area contributed by atoms with E-state index in [0.717, 1.165) is 20.3 Å². The van der Waals surface area contributed by atoms with E-state index in [2.05, 4.69) is 5.32 Å². The molecule has 2 aromatic carbocycles. The fourth-order valence-electron chi connectivity index (χ4n) is 5.07. The van der Waals surface area contributed by atoms with Crippen molar-refractivity contribution in [2.45, 2.75) is 43.0 Å². The number of carboxylic acids is 1. The molecule has 0 saturated carbocycles. The van der Waals surface area contributed by atoms with Crippen molar-refractivity contribution in [1.29, 1.82) is 0 Å². The smallest absolute Gasteiger partial charge is 0.475 e. The molecule has 0 radical (unpaired) electrons. The molecule has 0 unspecified atom stereocenters. The summed E-state index contributed by atoms with van der Waals surface area (Å²) in [5, 5.41) is 10.2. The molecule has 0 spiro atoms. The molecule has 2 saturated heterocycles. The molecule has 2 aliphatic heterocycles. The summed E-state index contributed by atoms with van der Waals surface area (Å²) in [6.45, 7) is 3.36. The van der Waals surface area contributed by atoms with Crippen LogP contribution in [0.5, 0.6) is 0 Å². The molecular weight excluding hydrogens is 583 g/mol. The van der Waals surface area contributed by atoms with Crippen molar-refractivity contribution in [2.24, 2.45) is 11.8 Å². The summed E-state index contributed by atoms with van der Waals surface area (Å²) in [5.74, 6) is -6.27. The van der Waals surface area contributed by atoms with Crippen molar-refractivity contribution in [3.63, 3.8) is 0 Å². The van der Waals surface area contributed by atoms with Gasteiger partial charge in [-0.2, -0.15) is 17.5 Å². The van der Waals surface area contributed by atoms with E-state index in [0.29, 0.717) is 0 Å². The molecule has 11 nitrogen and oxygen atoms in total. The molecular formula is C27H30F3N3O8S. The second kappa shape index (κ2) is 12.2. The Morgan fingerprint density at radius 2 is 1.62 bits per heavy atom. The van der Waals surface area contributed by atoms with Gasteiger partial charge in [-0.25, -0.2) is 13.2 Å². The number of hydrogen-bond donors (Lipinski definition) is 2. The third kappa shape index (κ3) is 6.47. The number of benzene rings is 2. The Bertz CT molecular complexity index is 1450. The first-order valence-corrected chi connectivity index (χ1v) is 14.0. The summed E-state index contributed by atoms with van der Waals surface area (Å²) >= 11 is 0. The molecule has 0 aliphatic carbocycles. The summed E-state index contributed by atoms with van der Waals surface area (Å²) in [7, 11) is -1.22. The Morgan fingerprint density at radius 1 is 1.07 bits per heavy atom. The molecule has 0 aromatic heterocycles. The molecule has 2 amide bonds. The van der Waals surface area contributed by atoms with Crippen LogP contribution in [0.15, 0.2) is 59.5 Å². The number of carboxylic acid groups (broad SMARTS) is 1. The number of aryl methyl sites for hydroxylation is 1. The third-order valence-electron chi connectivity index (χ3n) is 7.20. The van der Waals surface area contributed by atoms with Gasteiger partial charge >= 0.3 is 18.1 Å². The van der Waals surface area contributed by atoms with Crippen LogP contribution in [0.3, 0.4) is 0 Å². The van der Waals surface area contributed by atoms with Crippen molar-refractivity contribution < 1.29 is 50.6 Å². The van der Waals surface area contributed by atoms with E-state index in [9.17, 15) is 36.0 Å². The van der Waals surface area contributed by atoms with E-state index in [-0.39, 0.29) is 18.0 Å². The topological polar surface area (TPSA) is 150 Å². The number of likely N-dealkylation sites (N-methyl/N-ethyl adjacent to an activating group) is 1. The van der Waals surface area contributed by atoms with Crippen LogP contribution in [0, 0.1) is 18.8 Å². The molecule has 0 bridgehead atoms. The maximum Gasteiger partial charge on any atom is 0.490 e. The van der Waals surface area contributed by atoms with Gasteiger partial charge in [-0.1, -0.05) is 48.0 Å². The van der Waals surface area contributed by atoms with Crippen molar-refractivity contribution in [3.8, 4) is 0 Å². The number of methoxy groups -OCH3 is 1. The number of rotatable bonds is 7. The molecule has 4 atom stereocenters. The minimum absolute atomic E-state index is 0.0764. The number of likely N-dealkylation sites (tertiary alicyclic amines) is 1. The van der Waals surface area contributed by atoms with Gasteiger partial charge in [0.2, 0.25) is 21.8 Å². The van der Waals surface area contributed by atoms with Gasteiger partial charge in [0.05, 0.1) is 30.4 Å². The quantitative estimate of drug-likeness (QED) is 0.353. The van der Waals surface area contributed by atoms with E-state index >= 15 is 0 Å². The lowest BCUT2D eigenvalue weighted by Gasteiger charge is -2.29. The highest BCUT2D eigenvalue weighted by Crippen LogP contribution is 2.44. The number of ether oxygens (including phenoxy) is 1. The minimum Gasteiger partial charge on any atom is -0.475 e. The molecule has 4 rings (SSSR count). The standard InChI is InChI=1S/C25H29N3O6S.C2HF3O2/c1-16-10-12-18(13-11-16)35(32,33)27(3)15-19-20-21(25(2,26-19)24(31)34-4)23(30)28(22(20)29)14-17-8-6-5-7-9-17;3-2(4,5)1(6)7/h5-13,19-21,26H,14-15H2,1-4H3;(H,6,7)/t19-,20+,21-,25-;/m1./s1. The zero-order chi connectivity index (χ0) is 31.6. The number of amides is 2. The number of sulfonamides is 1. The predicted octanol–water partition coefficient (Wildman–Crippen LogP) is 1.95. The number of halogens is 3. The van der Waals surface area contributed by atoms with E-state index in [1.165, 1.54) is 33.2 Å². The highest BCUT2D eigenvalue weighted by Gasteiger charge is 2.66. The Balaban J connectivity index is 0.000000616. The first kappa shape index (κ1) is 32.7. The first-order valence-electron chi connectivity index (χ1n) is 12.5. The second-order valence-electron chi connectivity index (χ2n) is 10.1. The number of esters is 1. The highest BCUT2D eigenvalue weighted by molar-refractivity contribution is 7.89. The highest BCUT2D eigenvalue weighted by atomic mass is 32.2. The van der Waals surface area contributed by atoms with E-state index in [1.807, 2.05) is 37.3 Å². The molecule has 2 aliphatic rings. The molecule has 2 fully saturated rings. The maximum atomic E-state index is 13.5. The first-order chi connectivity index (χ1) is 19.4. The number of aliphatic carboxylic acids is 1. The average Bonchev–Trinajstić information content (AvgIpc) is 3.36. The summed E-state index contributed by atoms with van der Waals surface area (Å²) in [6, 6.07) is 14.8. The van der Waals surface area contributed by atoms with Crippen LogP contribution < -0.4 is 5.32 Å². The van der Waals surface area contributed by atoms with Crippen molar-refractivity contribution >= 4 is 33.8 Å². The Labute approximate surface area is 240 Å². The summed E-state index contributed by atoms with van der Waals surface area (Å²) < 4.78 is 64.2. The summed E-state index contributed by atoms with van der Waals surface area (Å²) in [5.41, 5.74) is 0.225. The van der Waals surface area contributed by atoms with Crippen molar-refractivity contribution in [3.05, 3.63) is 65.7 Å².